The van der Waals surface area contributed by atoms with Gasteiger partial charge in [-0.25, -0.2) is 0 Å². The van der Waals surface area contributed by atoms with Gasteiger partial charge in [-0.3, -0.25) is 0 Å². The number of thiophene rings is 1. The molecular weight excluding hydrogens is 248 g/mol. The highest BCUT2D eigenvalue weighted by Gasteiger charge is 2.04. The molecule has 18 heavy (non-hydrogen) atoms. The number of aromatic nitrogens is 1. The van der Waals surface area contributed by atoms with E-state index >= 15 is 0 Å². The number of hydrogen-bond donors (Lipinski definition) is 1. The van der Waals surface area contributed by atoms with Gasteiger partial charge in [0.25, 0.3) is 0 Å². The van der Waals surface area contributed by atoms with Crippen LogP contribution in [0.3, 0.4) is 0 Å². The summed E-state index contributed by atoms with van der Waals surface area (Å²) in [5.41, 5.74) is 6.27. The molecule has 0 aromatic carbocycles. The van der Waals surface area contributed by atoms with Crippen molar-refractivity contribution in [2.45, 2.75) is 13.3 Å². The number of nitrogen functional groups attached to an aromatic ring is 1. The standard InChI is InChI=1S/C13H16N2O2S/c1-2-16-13-11(14)5-6-12(15-13)17-8-7-10-4-3-9-18-10/h3-6,9H,2,7-8,14H2,1H3. The highest BCUT2D eigenvalue weighted by Crippen LogP contribution is 2.22. The van der Waals surface area contributed by atoms with Crippen LogP contribution in [-0.2, 0) is 6.42 Å². The Balaban J connectivity index is 1.90. The Morgan fingerprint density at radius 2 is 2.17 bits per heavy atom. The first-order valence-electron chi connectivity index (χ1n) is 5.84. The molecule has 0 spiro atoms. The molecule has 0 aliphatic rings. The van der Waals surface area contributed by atoms with Crippen molar-refractivity contribution in [1.29, 1.82) is 0 Å². The summed E-state index contributed by atoms with van der Waals surface area (Å²) in [6.45, 7) is 3.03. The second-order valence-electron chi connectivity index (χ2n) is 3.65. The maximum Gasteiger partial charge on any atom is 0.240 e. The van der Waals surface area contributed by atoms with Crippen molar-refractivity contribution in [1.82, 2.24) is 4.98 Å². The lowest BCUT2D eigenvalue weighted by Gasteiger charge is -2.08. The lowest BCUT2D eigenvalue weighted by Crippen LogP contribution is -2.04. The Morgan fingerprint density at radius 1 is 1.28 bits per heavy atom. The fraction of sp³-hybridized carbons (Fsp3) is 0.308. The molecule has 5 heteroatoms. The lowest BCUT2D eigenvalue weighted by atomic mass is 10.3. The van der Waals surface area contributed by atoms with Crippen LogP contribution < -0.4 is 15.2 Å². The summed E-state index contributed by atoms with van der Waals surface area (Å²) in [5, 5.41) is 2.06. The molecule has 0 amide bonds. The van der Waals surface area contributed by atoms with E-state index in [0.717, 1.165) is 6.42 Å². The molecular formula is C13H16N2O2S. The minimum absolute atomic E-state index is 0.436. The number of pyridine rings is 1. The first-order valence-corrected chi connectivity index (χ1v) is 6.72. The molecule has 0 aliphatic heterocycles. The molecule has 2 aromatic rings. The molecule has 0 bridgehead atoms. The van der Waals surface area contributed by atoms with Crippen molar-refractivity contribution in [3.63, 3.8) is 0 Å². The number of nitrogens with zero attached hydrogens (tertiary/aromatic N) is 1. The second-order valence-corrected chi connectivity index (χ2v) is 4.69. The predicted octanol–water partition coefficient (Wildman–Crippen LogP) is 2.75. The number of rotatable bonds is 6. The van der Waals surface area contributed by atoms with E-state index in [9.17, 15) is 0 Å². The minimum Gasteiger partial charge on any atom is -0.477 e. The number of anilines is 1. The molecule has 2 heterocycles. The summed E-state index contributed by atoms with van der Waals surface area (Å²) in [5.74, 6) is 0.982. The normalized spacial score (nSPS) is 10.3. The Labute approximate surface area is 110 Å². The molecule has 0 aliphatic carbocycles. The van der Waals surface area contributed by atoms with Gasteiger partial charge in [-0.05, 0) is 24.4 Å². The van der Waals surface area contributed by atoms with Gasteiger partial charge in [0.1, 0.15) is 0 Å². The summed E-state index contributed by atoms with van der Waals surface area (Å²) in [4.78, 5) is 5.52. The van der Waals surface area contributed by atoms with Crippen LogP contribution in [0.4, 0.5) is 5.69 Å². The highest BCUT2D eigenvalue weighted by molar-refractivity contribution is 7.09. The third-order valence-corrected chi connectivity index (χ3v) is 3.26. The Hall–Kier alpha value is -1.75. The monoisotopic (exact) mass is 264 g/mol. The van der Waals surface area contributed by atoms with E-state index in [1.165, 1.54) is 4.88 Å². The summed E-state index contributed by atoms with van der Waals surface area (Å²) >= 11 is 1.73. The van der Waals surface area contributed by atoms with Crippen LogP contribution in [0.15, 0.2) is 29.6 Å². The smallest absolute Gasteiger partial charge is 0.240 e. The number of hydrogen-bond acceptors (Lipinski definition) is 5. The second kappa shape index (κ2) is 6.26. The van der Waals surface area contributed by atoms with Gasteiger partial charge in [-0.1, -0.05) is 6.07 Å². The summed E-state index contributed by atoms with van der Waals surface area (Å²) in [7, 11) is 0. The summed E-state index contributed by atoms with van der Waals surface area (Å²) < 4.78 is 10.9. The van der Waals surface area contributed by atoms with Crippen LogP contribution in [0.1, 0.15) is 11.8 Å². The molecule has 96 valence electrons. The highest BCUT2D eigenvalue weighted by atomic mass is 32.1. The molecule has 2 rings (SSSR count). The molecule has 0 saturated heterocycles. The van der Waals surface area contributed by atoms with E-state index in [0.29, 0.717) is 30.7 Å². The van der Waals surface area contributed by atoms with Gasteiger partial charge < -0.3 is 15.2 Å². The average molecular weight is 264 g/mol. The van der Waals surface area contributed by atoms with Crippen LogP contribution in [0.2, 0.25) is 0 Å². The number of nitrogens with two attached hydrogens (primary N) is 1. The third-order valence-electron chi connectivity index (χ3n) is 2.32. The maximum absolute atomic E-state index is 5.74. The van der Waals surface area contributed by atoms with Crippen LogP contribution in [-0.4, -0.2) is 18.2 Å². The minimum atomic E-state index is 0.436. The molecule has 0 atom stereocenters. The SMILES string of the molecule is CCOc1nc(OCCc2cccs2)ccc1N. The van der Waals surface area contributed by atoms with Gasteiger partial charge in [0.2, 0.25) is 11.8 Å². The molecule has 2 aromatic heterocycles. The van der Waals surface area contributed by atoms with E-state index in [-0.39, 0.29) is 0 Å². The van der Waals surface area contributed by atoms with Crippen molar-refractivity contribution < 1.29 is 9.47 Å². The zero-order chi connectivity index (χ0) is 12.8. The fourth-order valence-electron chi connectivity index (χ4n) is 1.48. The van der Waals surface area contributed by atoms with Gasteiger partial charge in [0.15, 0.2) is 0 Å². The first kappa shape index (κ1) is 12.7. The molecule has 4 nitrogen and oxygen atoms in total. The molecule has 0 unspecified atom stereocenters. The lowest BCUT2D eigenvalue weighted by molar-refractivity contribution is 0.291. The zero-order valence-corrected chi connectivity index (χ0v) is 11.1. The van der Waals surface area contributed by atoms with Crippen molar-refractivity contribution in [2.75, 3.05) is 18.9 Å². The summed E-state index contributed by atoms with van der Waals surface area (Å²) in [6, 6.07) is 7.63. The fourth-order valence-corrected chi connectivity index (χ4v) is 2.17. The van der Waals surface area contributed by atoms with Crippen molar-refractivity contribution >= 4 is 17.0 Å². The average Bonchev–Trinajstić information content (AvgIpc) is 2.87. The maximum atomic E-state index is 5.74. The Bertz CT molecular complexity index is 486. The van der Waals surface area contributed by atoms with E-state index in [2.05, 4.69) is 16.4 Å². The molecule has 0 fully saturated rings. The molecule has 0 radical (unpaired) electrons. The quantitative estimate of drug-likeness (QED) is 0.871. The molecule has 2 N–H and O–H groups in total. The van der Waals surface area contributed by atoms with Gasteiger partial charge in [0, 0.05) is 17.4 Å². The van der Waals surface area contributed by atoms with Crippen LogP contribution >= 0.6 is 11.3 Å². The van der Waals surface area contributed by atoms with Gasteiger partial charge in [-0.15, -0.1) is 11.3 Å². The van der Waals surface area contributed by atoms with Crippen LogP contribution in [0.5, 0.6) is 11.8 Å². The van der Waals surface area contributed by atoms with E-state index in [1.54, 1.807) is 23.5 Å². The Morgan fingerprint density at radius 3 is 2.89 bits per heavy atom. The van der Waals surface area contributed by atoms with E-state index in [1.807, 2.05) is 13.0 Å². The first-order chi connectivity index (χ1) is 8.79. The Kier molecular flexibility index (Phi) is 4.41. The van der Waals surface area contributed by atoms with Gasteiger partial charge >= 0.3 is 0 Å². The van der Waals surface area contributed by atoms with Gasteiger partial charge in [0.05, 0.1) is 18.9 Å². The summed E-state index contributed by atoms with van der Waals surface area (Å²) in [6.07, 6.45) is 0.883. The van der Waals surface area contributed by atoms with E-state index in [4.69, 9.17) is 15.2 Å². The predicted molar refractivity (Wildman–Crippen MR) is 73.3 cm³/mol. The third kappa shape index (κ3) is 3.37. The van der Waals surface area contributed by atoms with Crippen molar-refractivity contribution in [3.05, 3.63) is 34.5 Å². The zero-order valence-electron chi connectivity index (χ0n) is 10.3. The topological polar surface area (TPSA) is 57.4 Å². The van der Waals surface area contributed by atoms with Crippen molar-refractivity contribution in [3.8, 4) is 11.8 Å². The van der Waals surface area contributed by atoms with Crippen LogP contribution in [0.25, 0.3) is 0 Å². The van der Waals surface area contributed by atoms with Crippen LogP contribution in [0, 0.1) is 0 Å². The largest absolute Gasteiger partial charge is 0.477 e. The van der Waals surface area contributed by atoms with Gasteiger partial charge in [-0.2, -0.15) is 4.98 Å². The van der Waals surface area contributed by atoms with Crippen molar-refractivity contribution in [2.24, 2.45) is 0 Å². The molecule has 0 saturated carbocycles. The number of ether oxygens (including phenoxy) is 2. The van der Waals surface area contributed by atoms with E-state index < -0.39 is 0 Å².